The van der Waals surface area contributed by atoms with Gasteiger partial charge in [0.2, 0.25) is 21.8 Å². The maximum absolute atomic E-state index is 13.8. The number of carbonyl (C=O) groups excluding carboxylic acids is 2. The van der Waals surface area contributed by atoms with E-state index in [4.69, 9.17) is 23.2 Å². The van der Waals surface area contributed by atoms with Crippen molar-refractivity contribution in [2.45, 2.75) is 45.8 Å². The minimum Gasteiger partial charge on any atom is -0.350 e. The van der Waals surface area contributed by atoms with Gasteiger partial charge < -0.3 is 10.2 Å². The van der Waals surface area contributed by atoms with E-state index < -0.39 is 34.1 Å². The first-order chi connectivity index (χ1) is 17.2. The number of sulfonamides is 1. The van der Waals surface area contributed by atoms with E-state index in [0.717, 1.165) is 15.9 Å². The van der Waals surface area contributed by atoms with Gasteiger partial charge in [-0.05, 0) is 51.3 Å². The second-order valence-electron chi connectivity index (χ2n) is 9.90. The van der Waals surface area contributed by atoms with E-state index in [1.807, 2.05) is 39.0 Å². The Kier molecular flexibility index (Phi) is 8.78. The lowest BCUT2D eigenvalue weighted by Gasteiger charge is -2.33. The zero-order chi connectivity index (χ0) is 27.5. The standard InChI is InChI=1S/C27H31Cl2N3O4S/c1-18(26(34)30-27(2,3)4)31(16-21-22(28)13-9-14-23(21)29)25(33)17-32(37(5,35)36)24-15-8-11-19-10-6-7-12-20(19)24/h6-15,18H,16-17H2,1-5H3,(H,30,34)/t18-/m0/s1. The van der Waals surface area contributed by atoms with Crippen molar-refractivity contribution in [3.05, 3.63) is 76.3 Å². The Bertz CT molecular complexity index is 1400. The first-order valence-corrected chi connectivity index (χ1v) is 14.3. The number of nitrogens with zero attached hydrogens (tertiary/aromatic N) is 2. The van der Waals surface area contributed by atoms with Gasteiger partial charge in [0.05, 0.1) is 11.9 Å². The van der Waals surface area contributed by atoms with Crippen molar-refractivity contribution in [3.8, 4) is 0 Å². The molecule has 1 atom stereocenters. The molecule has 2 amide bonds. The van der Waals surface area contributed by atoms with E-state index in [2.05, 4.69) is 5.32 Å². The summed E-state index contributed by atoms with van der Waals surface area (Å²) in [4.78, 5) is 28.2. The molecule has 0 aliphatic carbocycles. The molecule has 0 aliphatic rings. The van der Waals surface area contributed by atoms with Crippen molar-refractivity contribution in [1.29, 1.82) is 0 Å². The van der Waals surface area contributed by atoms with Gasteiger partial charge in [-0.1, -0.05) is 65.7 Å². The Labute approximate surface area is 228 Å². The monoisotopic (exact) mass is 563 g/mol. The van der Waals surface area contributed by atoms with Crippen LogP contribution in [-0.2, 0) is 26.2 Å². The zero-order valence-corrected chi connectivity index (χ0v) is 23.8. The van der Waals surface area contributed by atoms with Crippen molar-refractivity contribution in [2.75, 3.05) is 17.1 Å². The highest BCUT2D eigenvalue weighted by molar-refractivity contribution is 7.92. The quantitative estimate of drug-likeness (QED) is 0.405. The van der Waals surface area contributed by atoms with Crippen LogP contribution in [0.2, 0.25) is 10.0 Å². The molecule has 0 saturated carbocycles. The molecule has 0 aromatic heterocycles. The predicted octanol–water partition coefficient (Wildman–Crippen LogP) is 5.24. The molecular weight excluding hydrogens is 533 g/mol. The van der Waals surface area contributed by atoms with Crippen LogP contribution >= 0.6 is 23.2 Å². The van der Waals surface area contributed by atoms with Gasteiger partial charge in [-0.15, -0.1) is 0 Å². The van der Waals surface area contributed by atoms with Crippen LogP contribution in [0.25, 0.3) is 10.8 Å². The fourth-order valence-electron chi connectivity index (χ4n) is 3.93. The van der Waals surface area contributed by atoms with Gasteiger partial charge in [-0.25, -0.2) is 8.42 Å². The second-order valence-corrected chi connectivity index (χ2v) is 12.6. The minimum absolute atomic E-state index is 0.0801. The van der Waals surface area contributed by atoms with Crippen LogP contribution in [0, 0.1) is 0 Å². The molecule has 0 radical (unpaired) electrons. The van der Waals surface area contributed by atoms with E-state index in [1.54, 1.807) is 49.4 Å². The minimum atomic E-state index is -3.87. The Morgan fingerprint density at radius 1 is 0.946 bits per heavy atom. The number of hydrogen-bond acceptors (Lipinski definition) is 4. The van der Waals surface area contributed by atoms with Crippen LogP contribution in [-0.4, -0.2) is 49.5 Å². The highest BCUT2D eigenvalue weighted by Crippen LogP contribution is 2.30. The summed E-state index contributed by atoms with van der Waals surface area (Å²) in [5.74, 6) is -0.967. The maximum Gasteiger partial charge on any atom is 0.244 e. The topological polar surface area (TPSA) is 86.8 Å². The molecule has 0 heterocycles. The number of carbonyl (C=O) groups is 2. The van der Waals surface area contributed by atoms with Crippen molar-refractivity contribution in [2.24, 2.45) is 0 Å². The SMILES string of the molecule is C[C@@H](C(=O)NC(C)(C)C)N(Cc1c(Cl)cccc1Cl)C(=O)CN(c1cccc2ccccc12)S(C)(=O)=O. The molecule has 0 aliphatic heterocycles. The molecule has 3 rings (SSSR count). The van der Waals surface area contributed by atoms with E-state index in [1.165, 1.54) is 4.90 Å². The van der Waals surface area contributed by atoms with Crippen LogP contribution in [0.4, 0.5) is 5.69 Å². The van der Waals surface area contributed by atoms with E-state index >= 15 is 0 Å². The van der Waals surface area contributed by atoms with Gasteiger partial charge in [-0.2, -0.15) is 0 Å². The summed E-state index contributed by atoms with van der Waals surface area (Å²) in [6.45, 7) is 6.50. The Morgan fingerprint density at radius 3 is 2.11 bits per heavy atom. The summed E-state index contributed by atoms with van der Waals surface area (Å²) < 4.78 is 26.9. The first-order valence-electron chi connectivity index (χ1n) is 11.7. The van der Waals surface area contributed by atoms with Crippen LogP contribution in [0.15, 0.2) is 60.7 Å². The molecule has 1 N–H and O–H groups in total. The Hall–Kier alpha value is -2.81. The third-order valence-electron chi connectivity index (χ3n) is 5.77. The summed E-state index contributed by atoms with van der Waals surface area (Å²) in [6.07, 6.45) is 1.05. The maximum atomic E-state index is 13.8. The van der Waals surface area contributed by atoms with Gasteiger partial charge in [0, 0.05) is 33.1 Å². The highest BCUT2D eigenvalue weighted by atomic mass is 35.5. The normalized spacial score (nSPS) is 12.7. The number of halogens is 2. The fraction of sp³-hybridized carbons (Fsp3) is 0.333. The smallest absolute Gasteiger partial charge is 0.244 e. The largest absolute Gasteiger partial charge is 0.350 e. The van der Waals surface area contributed by atoms with Gasteiger partial charge >= 0.3 is 0 Å². The van der Waals surface area contributed by atoms with E-state index in [-0.39, 0.29) is 12.5 Å². The molecule has 198 valence electrons. The van der Waals surface area contributed by atoms with Crippen LogP contribution < -0.4 is 9.62 Å². The van der Waals surface area contributed by atoms with Gasteiger partial charge in [-0.3, -0.25) is 13.9 Å². The zero-order valence-electron chi connectivity index (χ0n) is 21.5. The number of hydrogen-bond donors (Lipinski definition) is 1. The number of nitrogens with one attached hydrogen (secondary N) is 1. The molecule has 37 heavy (non-hydrogen) atoms. The van der Waals surface area contributed by atoms with Crippen LogP contribution in [0.1, 0.15) is 33.3 Å². The number of anilines is 1. The van der Waals surface area contributed by atoms with E-state index in [0.29, 0.717) is 26.7 Å². The van der Waals surface area contributed by atoms with Crippen molar-refractivity contribution in [1.82, 2.24) is 10.2 Å². The summed E-state index contributed by atoms with van der Waals surface area (Å²) in [7, 11) is -3.87. The number of benzene rings is 3. The summed E-state index contributed by atoms with van der Waals surface area (Å²) in [6, 6.07) is 16.6. The Morgan fingerprint density at radius 2 is 1.51 bits per heavy atom. The third kappa shape index (κ3) is 7.15. The average Bonchev–Trinajstić information content (AvgIpc) is 2.80. The molecule has 0 bridgehead atoms. The van der Waals surface area contributed by atoms with Gasteiger partial charge in [0.15, 0.2) is 0 Å². The highest BCUT2D eigenvalue weighted by Gasteiger charge is 2.32. The number of fused-ring (bicyclic) bond motifs is 1. The molecule has 3 aromatic carbocycles. The molecule has 10 heteroatoms. The summed E-state index contributed by atoms with van der Waals surface area (Å²) in [5, 5.41) is 5.06. The molecular formula is C27H31Cl2N3O4S. The lowest BCUT2D eigenvalue weighted by Crippen LogP contribution is -2.54. The van der Waals surface area contributed by atoms with Crippen molar-refractivity contribution >= 4 is 61.5 Å². The lowest BCUT2D eigenvalue weighted by molar-refractivity contribution is -0.140. The second kappa shape index (κ2) is 11.3. The Balaban J connectivity index is 2.04. The average molecular weight is 565 g/mol. The predicted molar refractivity (Wildman–Crippen MR) is 151 cm³/mol. The molecule has 0 spiro atoms. The molecule has 7 nitrogen and oxygen atoms in total. The van der Waals surface area contributed by atoms with Crippen molar-refractivity contribution < 1.29 is 18.0 Å². The molecule has 0 saturated heterocycles. The lowest BCUT2D eigenvalue weighted by atomic mass is 10.1. The summed E-state index contributed by atoms with van der Waals surface area (Å²) >= 11 is 12.8. The van der Waals surface area contributed by atoms with Crippen molar-refractivity contribution in [3.63, 3.8) is 0 Å². The van der Waals surface area contributed by atoms with Gasteiger partial charge in [0.1, 0.15) is 12.6 Å². The first kappa shape index (κ1) is 28.8. The molecule has 3 aromatic rings. The number of rotatable bonds is 8. The van der Waals surface area contributed by atoms with Crippen LogP contribution in [0.5, 0.6) is 0 Å². The van der Waals surface area contributed by atoms with Gasteiger partial charge in [0.25, 0.3) is 0 Å². The summed E-state index contributed by atoms with van der Waals surface area (Å²) in [5.41, 5.74) is 0.297. The third-order valence-corrected chi connectivity index (χ3v) is 7.60. The van der Waals surface area contributed by atoms with Crippen LogP contribution in [0.3, 0.4) is 0 Å². The molecule has 0 fully saturated rings. The fourth-order valence-corrected chi connectivity index (χ4v) is 5.31. The molecule has 0 unspecified atom stereocenters. The van der Waals surface area contributed by atoms with E-state index in [9.17, 15) is 18.0 Å². The number of amides is 2.